The molecular formula is C23H18Cl2N6OS. The average Bonchev–Trinajstić information content (AvgIpc) is 3.18. The monoisotopic (exact) mass is 496 g/mol. The molecule has 1 N–H and O–H groups in total. The van der Waals surface area contributed by atoms with E-state index in [0.29, 0.717) is 32.4 Å². The maximum Gasteiger partial charge on any atom is 0.234 e. The van der Waals surface area contributed by atoms with Gasteiger partial charge in [-0.1, -0.05) is 53.2 Å². The van der Waals surface area contributed by atoms with Gasteiger partial charge >= 0.3 is 0 Å². The van der Waals surface area contributed by atoms with Crippen LogP contribution in [0.25, 0.3) is 11.4 Å². The van der Waals surface area contributed by atoms with Crippen molar-refractivity contribution in [2.24, 2.45) is 17.3 Å². The summed E-state index contributed by atoms with van der Waals surface area (Å²) in [5.74, 6) is 0.614. The largest absolute Gasteiger partial charge is 0.325 e. The van der Waals surface area contributed by atoms with E-state index >= 15 is 0 Å². The van der Waals surface area contributed by atoms with Crippen molar-refractivity contribution in [2.75, 3.05) is 11.1 Å². The number of anilines is 1. The molecule has 0 saturated carbocycles. The Labute approximate surface area is 204 Å². The lowest BCUT2D eigenvalue weighted by Crippen LogP contribution is -2.14. The molecule has 0 atom stereocenters. The second kappa shape index (κ2) is 10.6. The zero-order chi connectivity index (χ0) is 23.2. The highest BCUT2D eigenvalue weighted by Crippen LogP contribution is 2.30. The quantitative estimate of drug-likeness (QED) is 0.222. The van der Waals surface area contributed by atoms with Crippen LogP contribution in [0, 0.1) is 0 Å². The Balaban J connectivity index is 1.33. The molecule has 0 aliphatic rings. The molecule has 33 heavy (non-hydrogen) atoms. The first-order chi connectivity index (χ1) is 16.0. The third kappa shape index (κ3) is 5.98. The molecule has 4 aromatic rings. The fourth-order valence-electron chi connectivity index (χ4n) is 2.89. The lowest BCUT2D eigenvalue weighted by atomic mass is 10.2. The molecular weight excluding hydrogens is 479 g/mol. The van der Waals surface area contributed by atoms with Gasteiger partial charge in [-0.3, -0.25) is 4.79 Å². The zero-order valence-corrected chi connectivity index (χ0v) is 19.8. The number of benzene rings is 3. The van der Waals surface area contributed by atoms with Crippen LogP contribution < -0.4 is 5.32 Å². The van der Waals surface area contributed by atoms with Crippen molar-refractivity contribution in [3.05, 3.63) is 82.8 Å². The van der Waals surface area contributed by atoms with Crippen LogP contribution in [0.15, 0.2) is 88.2 Å². The van der Waals surface area contributed by atoms with Crippen molar-refractivity contribution < 1.29 is 4.79 Å². The second-order valence-corrected chi connectivity index (χ2v) is 8.69. The van der Waals surface area contributed by atoms with Gasteiger partial charge in [0.1, 0.15) is 0 Å². The van der Waals surface area contributed by atoms with E-state index in [9.17, 15) is 4.79 Å². The first-order valence-corrected chi connectivity index (χ1v) is 11.6. The smallest absolute Gasteiger partial charge is 0.234 e. The van der Waals surface area contributed by atoms with Gasteiger partial charge < -0.3 is 9.88 Å². The van der Waals surface area contributed by atoms with Gasteiger partial charge in [-0.2, -0.15) is 10.2 Å². The Morgan fingerprint density at radius 2 is 1.67 bits per heavy atom. The zero-order valence-electron chi connectivity index (χ0n) is 17.4. The summed E-state index contributed by atoms with van der Waals surface area (Å²) in [6.45, 7) is 0. The molecule has 0 radical (unpaired) electrons. The molecule has 1 amide bonds. The van der Waals surface area contributed by atoms with Gasteiger partial charge in [0.2, 0.25) is 5.91 Å². The Kier molecular flexibility index (Phi) is 7.39. The number of halogens is 2. The third-order valence-electron chi connectivity index (χ3n) is 4.53. The molecule has 0 aliphatic heterocycles. The van der Waals surface area contributed by atoms with E-state index in [1.165, 1.54) is 11.8 Å². The lowest BCUT2D eigenvalue weighted by molar-refractivity contribution is -0.113. The summed E-state index contributed by atoms with van der Waals surface area (Å²) in [4.78, 5) is 12.4. The van der Waals surface area contributed by atoms with Crippen molar-refractivity contribution in [1.29, 1.82) is 0 Å². The van der Waals surface area contributed by atoms with Crippen LogP contribution in [0.4, 0.5) is 17.1 Å². The van der Waals surface area contributed by atoms with Gasteiger partial charge in [0.25, 0.3) is 0 Å². The summed E-state index contributed by atoms with van der Waals surface area (Å²) in [5.41, 5.74) is 2.86. The first kappa shape index (κ1) is 23.0. The number of nitrogens with one attached hydrogen (secondary N) is 1. The molecule has 0 fully saturated rings. The van der Waals surface area contributed by atoms with E-state index in [0.717, 1.165) is 11.3 Å². The Morgan fingerprint density at radius 1 is 0.970 bits per heavy atom. The Bertz CT molecular complexity index is 1290. The number of aromatic nitrogens is 3. The summed E-state index contributed by atoms with van der Waals surface area (Å²) in [6.07, 6.45) is 0. The van der Waals surface area contributed by atoms with Gasteiger partial charge in [0.15, 0.2) is 11.0 Å². The number of hydrogen-bond acceptors (Lipinski definition) is 6. The number of amides is 1. The number of carbonyl (C=O) groups is 1. The molecule has 1 heterocycles. The number of carbonyl (C=O) groups excluding carboxylic acids is 1. The maximum atomic E-state index is 12.4. The minimum atomic E-state index is -0.160. The SMILES string of the molecule is Cn1c(SCC(=O)Nc2ccc(N=Nc3ccccc3)cc2)nnc1-c1ccc(Cl)cc1Cl. The second-order valence-electron chi connectivity index (χ2n) is 6.91. The highest BCUT2D eigenvalue weighted by molar-refractivity contribution is 7.99. The molecule has 0 saturated heterocycles. The van der Waals surface area contributed by atoms with Gasteiger partial charge in [-0.25, -0.2) is 0 Å². The molecule has 0 spiro atoms. The normalized spacial score (nSPS) is 11.1. The van der Waals surface area contributed by atoms with Gasteiger partial charge in [0, 0.05) is 23.3 Å². The molecule has 0 aliphatic carbocycles. The summed E-state index contributed by atoms with van der Waals surface area (Å²) in [7, 11) is 1.82. The average molecular weight is 497 g/mol. The minimum Gasteiger partial charge on any atom is -0.325 e. The molecule has 10 heteroatoms. The summed E-state index contributed by atoms with van der Waals surface area (Å²) < 4.78 is 1.79. The lowest BCUT2D eigenvalue weighted by Gasteiger charge is -2.07. The molecule has 0 unspecified atom stereocenters. The highest BCUT2D eigenvalue weighted by atomic mass is 35.5. The Hall–Kier alpha value is -3.20. The standard InChI is InChI=1S/C23H18Cl2N6OS/c1-31-22(19-12-7-15(24)13-20(19)25)29-30-23(31)33-14-21(32)26-16-8-10-18(11-9-16)28-27-17-5-3-2-4-6-17/h2-13H,14H2,1H3,(H,26,32). The van der Waals surface area contributed by atoms with Gasteiger partial charge in [-0.15, -0.1) is 10.2 Å². The van der Waals surface area contributed by atoms with E-state index < -0.39 is 0 Å². The van der Waals surface area contributed by atoms with Crippen molar-refractivity contribution in [3.63, 3.8) is 0 Å². The van der Waals surface area contributed by atoms with Crippen LogP contribution in [-0.4, -0.2) is 26.4 Å². The summed E-state index contributed by atoms with van der Waals surface area (Å²) >= 11 is 13.5. The van der Waals surface area contributed by atoms with Crippen LogP contribution in [0.5, 0.6) is 0 Å². The van der Waals surface area contributed by atoms with Crippen molar-refractivity contribution in [1.82, 2.24) is 14.8 Å². The molecule has 0 bridgehead atoms. The molecule has 3 aromatic carbocycles. The number of azo groups is 1. The highest BCUT2D eigenvalue weighted by Gasteiger charge is 2.15. The van der Waals surface area contributed by atoms with E-state index in [-0.39, 0.29) is 11.7 Å². The third-order valence-corrected chi connectivity index (χ3v) is 6.10. The van der Waals surface area contributed by atoms with E-state index in [1.807, 2.05) is 37.4 Å². The number of rotatable bonds is 7. The Morgan fingerprint density at radius 3 is 2.36 bits per heavy atom. The van der Waals surface area contributed by atoms with Crippen LogP contribution in [0.2, 0.25) is 10.0 Å². The minimum absolute atomic E-state index is 0.160. The topological polar surface area (TPSA) is 84.5 Å². The molecule has 7 nitrogen and oxygen atoms in total. The van der Waals surface area contributed by atoms with Gasteiger partial charge in [-0.05, 0) is 54.6 Å². The van der Waals surface area contributed by atoms with Crippen LogP contribution in [0.3, 0.4) is 0 Å². The van der Waals surface area contributed by atoms with Crippen molar-refractivity contribution in [2.45, 2.75) is 5.16 Å². The molecule has 4 rings (SSSR count). The predicted octanol–water partition coefficient (Wildman–Crippen LogP) is 6.94. The van der Waals surface area contributed by atoms with E-state index in [4.69, 9.17) is 23.2 Å². The summed E-state index contributed by atoms with van der Waals surface area (Å²) in [5, 5.41) is 21.2. The van der Waals surface area contributed by atoms with Crippen molar-refractivity contribution in [3.8, 4) is 11.4 Å². The van der Waals surface area contributed by atoms with Crippen molar-refractivity contribution >= 4 is 57.9 Å². The van der Waals surface area contributed by atoms with Gasteiger partial charge in [0.05, 0.1) is 22.2 Å². The number of thioether (sulfide) groups is 1. The predicted molar refractivity (Wildman–Crippen MR) is 133 cm³/mol. The number of hydrogen-bond donors (Lipinski definition) is 1. The van der Waals surface area contributed by atoms with Crippen LogP contribution >= 0.6 is 35.0 Å². The summed E-state index contributed by atoms with van der Waals surface area (Å²) in [6, 6.07) is 21.8. The number of nitrogens with zero attached hydrogens (tertiary/aromatic N) is 5. The molecule has 1 aromatic heterocycles. The fourth-order valence-corrected chi connectivity index (χ4v) is 4.10. The maximum absolute atomic E-state index is 12.4. The fraction of sp³-hybridized carbons (Fsp3) is 0.0870. The van der Waals surface area contributed by atoms with E-state index in [2.05, 4.69) is 25.7 Å². The molecule has 166 valence electrons. The first-order valence-electron chi connectivity index (χ1n) is 9.84. The van der Waals surface area contributed by atoms with Crippen LogP contribution in [0.1, 0.15) is 0 Å². The van der Waals surface area contributed by atoms with E-state index in [1.54, 1.807) is 47.0 Å². The van der Waals surface area contributed by atoms with Crippen LogP contribution in [-0.2, 0) is 11.8 Å².